The maximum atomic E-state index is 12.2. The lowest BCUT2D eigenvalue weighted by atomic mass is 10.1. The van der Waals surface area contributed by atoms with Crippen LogP contribution in [0.15, 0.2) is 0 Å². The molecule has 20 heavy (non-hydrogen) atoms. The molecule has 0 aromatic heterocycles. The molecule has 1 amide bonds. The van der Waals surface area contributed by atoms with E-state index in [0.29, 0.717) is 31.8 Å². The number of hydrogen-bond donors (Lipinski definition) is 1. The molecule has 2 rings (SSSR count). The number of carbonyl (C=O) groups excluding carboxylic acids is 1. The fourth-order valence-corrected chi connectivity index (χ4v) is 4.51. The van der Waals surface area contributed by atoms with E-state index in [1.165, 1.54) is 4.31 Å². The van der Waals surface area contributed by atoms with Crippen LogP contribution in [0.5, 0.6) is 0 Å². The summed E-state index contributed by atoms with van der Waals surface area (Å²) in [5.74, 6) is 0.778. The summed E-state index contributed by atoms with van der Waals surface area (Å²) >= 11 is 5.68. The Labute approximate surface area is 126 Å². The van der Waals surface area contributed by atoms with Crippen LogP contribution in [0.4, 0.5) is 0 Å². The van der Waals surface area contributed by atoms with Gasteiger partial charge in [-0.2, -0.15) is 0 Å². The van der Waals surface area contributed by atoms with Gasteiger partial charge in [-0.3, -0.25) is 4.79 Å². The summed E-state index contributed by atoms with van der Waals surface area (Å²) in [5, 5.41) is 3.02. The molecule has 1 saturated heterocycles. The van der Waals surface area contributed by atoms with Crippen molar-refractivity contribution in [2.75, 3.05) is 24.7 Å². The summed E-state index contributed by atoms with van der Waals surface area (Å²) in [5.41, 5.74) is 0. The van der Waals surface area contributed by atoms with Crippen LogP contribution >= 0.6 is 11.6 Å². The first kappa shape index (κ1) is 16.0. The standard InChI is InChI=1S/C13H23ClN2O3S/c1-10(8-14)9-20(18,19)16-6-4-12(5-7-16)15-13(17)11-2-3-11/h10-12H,2-9H2,1H3,(H,15,17). The minimum absolute atomic E-state index is 0.0334. The Hall–Kier alpha value is -0.330. The van der Waals surface area contributed by atoms with Crippen molar-refractivity contribution in [1.29, 1.82) is 0 Å². The molecule has 0 spiro atoms. The SMILES string of the molecule is CC(CCl)CS(=O)(=O)N1CCC(NC(=O)C2CC2)CC1. The van der Waals surface area contributed by atoms with Crippen LogP contribution in [0.25, 0.3) is 0 Å². The fraction of sp³-hybridized carbons (Fsp3) is 0.923. The molecule has 5 nitrogen and oxygen atoms in total. The summed E-state index contributed by atoms with van der Waals surface area (Å²) in [6.45, 7) is 2.83. The second-order valence-corrected chi connectivity index (χ2v) is 8.32. The van der Waals surface area contributed by atoms with Crippen molar-refractivity contribution in [3.05, 3.63) is 0 Å². The van der Waals surface area contributed by atoms with E-state index in [-0.39, 0.29) is 29.5 Å². The third kappa shape index (κ3) is 4.33. The van der Waals surface area contributed by atoms with E-state index in [4.69, 9.17) is 11.6 Å². The van der Waals surface area contributed by atoms with Crippen molar-refractivity contribution < 1.29 is 13.2 Å². The van der Waals surface area contributed by atoms with Crippen LogP contribution in [0.1, 0.15) is 32.6 Å². The number of nitrogens with one attached hydrogen (secondary N) is 1. The van der Waals surface area contributed by atoms with Gasteiger partial charge < -0.3 is 5.32 Å². The first-order valence-corrected chi connectivity index (χ1v) is 9.41. The summed E-state index contributed by atoms with van der Waals surface area (Å²) in [4.78, 5) is 11.7. The van der Waals surface area contributed by atoms with Crippen LogP contribution in [-0.4, -0.2) is 49.4 Å². The molecule has 0 radical (unpaired) electrons. The van der Waals surface area contributed by atoms with Crippen molar-refractivity contribution in [2.24, 2.45) is 11.8 Å². The maximum absolute atomic E-state index is 12.2. The minimum atomic E-state index is -3.21. The number of amides is 1. The van der Waals surface area contributed by atoms with Gasteiger partial charge in [-0.15, -0.1) is 11.6 Å². The van der Waals surface area contributed by atoms with Gasteiger partial charge in [0.15, 0.2) is 0 Å². The van der Waals surface area contributed by atoms with Gasteiger partial charge in [0, 0.05) is 30.9 Å². The van der Waals surface area contributed by atoms with Crippen LogP contribution in [-0.2, 0) is 14.8 Å². The highest BCUT2D eigenvalue weighted by atomic mass is 35.5. The molecule has 1 unspecified atom stereocenters. The van der Waals surface area contributed by atoms with Crippen LogP contribution in [0, 0.1) is 11.8 Å². The van der Waals surface area contributed by atoms with Gasteiger partial charge >= 0.3 is 0 Å². The first-order valence-electron chi connectivity index (χ1n) is 7.26. The average Bonchev–Trinajstić information content (AvgIpc) is 3.23. The normalized spacial score (nSPS) is 23.5. The second kappa shape index (κ2) is 6.62. The van der Waals surface area contributed by atoms with Gasteiger partial charge in [-0.25, -0.2) is 12.7 Å². The summed E-state index contributed by atoms with van der Waals surface area (Å²) in [6, 6.07) is 0.125. The number of nitrogens with zero attached hydrogens (tertiary/aromatic N) is 1. The number of sulfonamides is 1. The molecular formula is C13H23ClN2O3S. The van der Waals surface area contributed by atoms with Crippen molar-refractivity contribution in [3.63, 3.8) is 0 Å². The van der Waals surface area contributed by atoms with Crippen molar-refractivity contribution >= 4 is 27.5 Å². The third-order valence-corrected chi connectivity index (χ3v) is 6.57. The Balaban J connectivity index is 1.79. The second-order valence-electron chi connectivity index (χ2n) is 5.99. The Kier molecular flexibility index (Phi) is 5.31. The van der Waals surface area contributed by atoms with Gasteiger partial charge in [-0.05, 0) is 31.6 Å². The molecule has 1 N–H and O–H groups in total. The highest BCUT2D eigenvalue weighted by Gasteiger charge is 2.33. The quantitative estimate of drug-likeness (QED) is 0.747. The summed E-state index contributed by atoms with van der Waals surface area (Å²) in [7, 11) is -3.21. The Bertz CT molecular complexity index is 443. The predicted octanol–water partition coefficient (Wildman–Crippen LogP) is 1.18. The zero-order valence-electron chi connectivity index (χ0n) is 11.8. The van der Waals surface area contributed by atoms with Gasteiger partial charge in [0.1, 0.15) is 0 Å². The van der Waals surface area contributed by atoms with E-state index < -0.39 is 10.0 Å². The lowest BCUT2D eigenvalue weighted by Gasteiger charge is -2.32. The Morgan fingerprint density at radius 1 is 1.30 bits per heavy atom. The average molecular weight is 323 g/mol. The first-order chi connectivity index (χ1) is 9.42. The van der Waals surface area contributed by atoms with Crippen LogP contribution in [0.3, 0.4) is 0 Å². The summed E-state index contributed by atoms with van der Waals surface area (Å²) < 4.78 is 25.9. The van der Waals surface area contributed by atoms with Gasteiger partial charge in [-0.1, -0.05) is 6.92 Å². The Morgan fingerprint density at radius 3 is 2.40 bits per heavy atom. The highest BCUT2D eigenvalue weighted by molar-refractivity contribution is 7.89. The molecule has 1 aliphatic carbocycles. The van der Waals surface area contributed by atoms with Crippen LogP contribution < -0.4 is 5.32 Å². The molecule has 1 heterocycles. The van der Waals surface area contributed by atoms with Crippen molar-refractivity contribution in [1.82, 2.24) is 9.62 Å². The number of hydrogen-bond acceptors (Lipinski definition) is 3. The van der Waals surface area contributed by atoms with Crippen molar-refractivity contribution in [3.8, 4) is 0 Å². The van der Waals surface area contributed by atoms with Crippen LogP contribution in [0.2, 0.25) is 0 Å². The largest absolute Gasteiger partial charge is 0.353 e. The molecule has 7 heteroatoms. The predicted molar refractivity (Wildman–Crippen MR) is 79.1 cm³/mol. The molecule has 116 valence electrons. The molecule has 1 atom stereocenters. The van der Waals surface area contributed by atoms with E-state index in [1.54, 1.807) is 0 Å². The monoisotopic (exact) mass is 322 g/mol. The highest BCUT2D eigenvalue weighted by Crippen LogP contribution is 2.29. The van der Waals surface area contributed by atoms with E-state index in [0.717, 1.165) is 12.8 Å². The van der Waals surface area contributed by atoms with E-state index in [2.05, 4.69) is 5.32 Å². The lowest BCUT2D eigenvalue weighted by Crippen LogP contribution is -2.47. The van der Waals surface area contributed by atoms with E-state index in [1.807, 2.05) is 6.92 Å². The third-order valence-electron chi connectivity index (χ3n) is 3.90. The van der Waals surface area contributed by atoms with Gasteiger partial charge in [0.05, 0.1) is 5.75 Å². The number of halogens is 1. The summed E-state index contributed by atoms with van der Waals surface area (Å²) in [6.07, 6.45) is 3.39. The fourth-order valence-electron chi connectivity index (χ4n) is 2.45. The number of piperidine rings is 1. The number of alkyl halides is 1. The van der Waals surface area contributed by atoms with Gasteiger partial charge in [0.25, 0.3) is 0 Å². The Morgan fingerprint density at radius 2 is 1.90 bits per heavy atom. The molecule has 2 fully saturated rings. The van der Waals surface area contributed by atoms with E-state index >= 15 is 0 Å². The smallest absolute Gasteiger partial charge is 0.223 e. The number of rotatable bonds is 6. The van der Waals surface area contributed by atoms with Crippen molar-refractivity contribution in [2.45, 2.75) is 38.6 Å². The lowest BCUT2D eigenvalue weighted by molar-refractivity contribution is -0.123. The maximum Gasteiger partial charge on any atom is 0.223 e. The molecule has 0 bridgehead atoms. The molecule has 2 aliphatic rings. The van der Waals surface area contributed by atoms with Gasteiger partial charge in [0.2, 0.25) is 15.9 Å². The molecule has 1 saturated carbocycles. The molecule has 0 aromatic carbocycles. The number of carbonyl (C=O) groups is 1. The van der Waals surface area contributed by atoms with E-state index in [9.17, 15) is 13.2 Å². The molecular weight excluding hydrogens is 300 g/mol. The molecule has 1 aliphatic heterocycles. The topological polar surface area (TPSA) is 66.5 Å². The molecule has 0 aromatic rings. The zero-order chi connectivity index (χ0) is 14.8. The minimum Gasteiger partial charge on any atom is -0.353 e. The zero-order valence-corrected chi connectivity index (χ0v) is 13.4.